The SMILES string of the molecule is NCCC1CCCN(CCOc2ccc(Cl)cc2Br)C1. The molecule has 0 aliphatic carbocycles. The van der Waals surface area contributed by atoms with Crippen molar-refractivity contribution in [2.75, 3.05) is 32.8 Å². The van der Waals surface area contributed by atoms with E-state index in [2.05, 4.69) is 20.8 Å². The van der Waals surface area contributed by atoms with Crippen molar-refractivity contribution in [1.29, 1.82) is 0 Å². The molecule has 1 aromatic rings. The molecule has 1 atom stereocenters. The van der Waals surface area contributed by atoms with Gasteiger partial charge in [0.2, 0.25) is 0 Å². The maximum Gasteiger partial charge on any atom is 0.133 e. The number of benzene rings is 1. The van der Waals surface area contributed by atoms with Crippen LogP contribution in [-0.2, 0) is 0 Å². The highest BCUT2D eigenvalue weighted by atomic mass is 79.9. The number of hydrogen-bond donors (Lipinski definition) is 1. The lowest BCUT2D eigenvalue weighted by molar-refractivity contribution is 0.143. The Morgan fingerprint density at radius 1 is 1.45 bits per heavy atom. The Labute approximate surface area is 134 Å². The molecule has 1 saturated heterocycles. The van der Waals surface area contributed by atoms with Gasteiger partial charge in [-0.3, -0.25) is 4.90 Å². The van der Waals surface area contributed by atoms with Gasteiger partial charge in [0.25, 0.3) is 0 Å². The van der Waals surface area contributed by atoms with Crippen LogP contribution in [0.15, 0.2) is 22.7 Å². The number of ether oxygens (including phenoxy) is 1. The molecule has 0 saturated carbocycles. The fraction of sp³-hybridized carbons (Fsp3) is 0.600. The van der Waals surface area contributed by atoms with Crippen molar-refractivity contribution in [2.24, 2.45) is 11.7 Å². The Morgan fingerprint density at radius 2 is 2.30 bits per heavy atom. The van der Waals surface area contributed by atoms with Gasteiger partial charge in [0.1, 0.15) is 12.4 Å². The van der Waals surface area contributed by atoms with Crippen LogP contribution >= 0.6 is 27.5 Å². The van der Waals surface area contributed by atoms with Crippen molar-refractivity contribution in [3.8, 4) is 5.75 Å². The van der Waals surface area contributed by atoms with Gasteiger partial charge in [-0.2, -0.15) is 0 Å². The van der Waals surface area contributed by atoms with Crippen molar-refractivity contribution in [3.63, 3.8) is 0 Å². The molecule has 2 N–H and O–H groups in total. The topological polar surface area (TPSA) is 38.5 Å². The summed E-state index contributed by atoms with van der Waals surface area (Å²) in [5.41, 5.74) is 5.65. The lowest BCUT2D eigenvalue weighted by atomic mass is 9.95. The van der Waals surface area contributed by atoms with Gasteiger partial charge in [0.05, 0.1) is 4.47 Å². The Morgan fingerprint density at radius 3 is 3.05 bits per heavy atom. The number of piperidine rings is 1. The van der Waals surface area contributed by atoms with Crippen molar-refractivity contribution < 1.29 is 4.74 Å². The normalized spacial score (nSPS) is 20.1. The summed E-state index contributed by atoms with van der Waals surface area (Å²) in [5.74, 6) is 1.61. The van der Waals surface area contributed by atoms with Gasteiger partial charge in [0, 0.05) is 18.1 Å². The monoisotopic (exact) mass is 360 g/mol. The summed E-state index contributed by atoms with van der Waals surface area (Å²) >= 11 is 9.38. The molecule has 5 heteroatoms. The van der Waals surface area contributed by atoms with Crippen LogP contribution in [0, 0.1) is 5.92 Å². The van der Waals surface area contributed by atoms with Crippen LogP contribution in [0.4, 0.5) is 0 Å². The van der Waals surface area contributed by atoms with Gasteiger partial charge in [-0.25, -0.2) is 0 Å². The first-order valence-corrected chi connectivity index (χ1v) is 8.36. The van der Waals surface area contributed by atoms with Crippen molar-refractivity contribution in [1.82, 2.24) is 4.90 Å². The standard InChI is InChI=1S/C15H22BrClN2O/c16-14-10-13(17)3-4-15(14)20-9-8-19-7-1-2-12(11-19)5-6-18/h3-4,10,12H,1-2,5-9,11,18H2. The van der Waals surface area contributed by atoms with E-state index in [1.54, 1.807) is 0 Å². The average molecular weight is 362 g/mol. The fourth-order valence-corrected chi connectivity index (χ4v) is 3.50. The molecule has 0 bridgehead atoms. The van der Waals surface area contributed by atoms with Gasteiger partial charge in [0.15, 0.2) is 0 Å². The molecule has 1 unspecified atom stereocenters. The van der Waals surface area contributed by atoms with Crippen LogP contribution in [0.5, 0.6) is 5.75 Å². The molecule has 1 fully saturated rings. The minimum atomic E-state index is 0.704. The minimum Gasteiger partial charge on any atom is -0.491 e. The Balaban J connectivity index is 1.75. The maximum absolute atomic E-state index is 5.91. The first-order valence-electron chi connectivity index (χ1n) is 7.19. The molecule has 1 aliphatic heterocycles. The summed E-state index contributed by atoms with van der Waals surface area (Å²) in [6, 6.07) is 5.61. The lowest BCUT2D eigenvalue weighted by Crippen LogP contribution is -2.38. The molecule has 112 valence electrons. The molecular formula is C15H22BrClN2O. The van der Waals surface area contributed by atoms with E-state index in [4.69, 9.17) is 22.1 Å². The first-order chi connectivity index (χ1) is 9.69. The second-order valence-electron chi connectivity index (χ2n) is 5.31. The Kier molecular flexibility index (Phi) is 6.62. The summed E-state index contributed by atoms with van der Waals surface area (Å²) in [5, 5.41) is 0.713. The number of nitrogens with two attached hydrogens (primary N) is 1. The zero-order valence-electron chi connectivity index (χ0n) is 11.7. The maximum atomic E-state index is 5.91. The van der Waals surface area contributed by atoms with Crippen LogP contribution in [0.1, 0.15) is 19.3 Å². The molecular weight excluding hydrogens is 340 g/mol. The van der Waals surface area contributed by atoms with Gasteiger partial charge in [-0.1, -0.05) is 11.6 Å². The summed E-state index contributed by atoms with van der Waals surface area (Å²) in [6.07, 6.45) is 3.73. The van der Waals surface area contributed by atoms with E-state index in [1.165, 1.54) is 19.4 Å². The largest absolute Gasteiger partial charge is 0.491 e. The second kappa shape index (κ2) is 8.23. The zero-order valence-corrected chi connectivity index (χ0v) is 14.0. The summed E-state index contributed by atoms with van der Waals surface area (Å²) < 4.78 is 6.72. The third-order valence-electron chi connectivity index (χ3n) is 3.74. The molecule has 0 amide bonds. The number of nitrogens with zero attached hydrogens (tertiary/aromatic N) is 1. The summed E-state index contributed by atoms with van der Waals surface area (Å²) in [6.45, 7) is 4.80. The van der Waals surface area contributed by atoms with E-state index >= 15 is 0 Å². The highest BCUT2D eigenvalue weighted by Gasteiger charge is 2.18. The molecule has 3 nitrogen and oxygen atoms in total. The average Bonchev–Trinajstić information content (AvgIpc) is 2.42. The first kappa shape index (κ1) is 16.1. The van der Waals surface area contributed by atoms with Gasteiger partial charge < -0.3 is 10.5 Å². The predicted octanol–water partition coefficient (Wildman–Crippen LogP) is 3.54. The summed E-state index contributed by atoms with van der Waals surface area (Å²) in [4.78, 5) is 2.48. The Bertz CT molecular complexity index is 428. The van der Waals surface area contributed by atoms with Gasteiger partial charge in [-0.05, 0) is 72.4 Å². The fourth-order valence-electron chi connectivity index (χ4n) is 2.70. The molecule has 2 rings (SSSR count). The second-order valence-corrected chi connectivity index (χ2v) is 6.60. The predicted molar refractivity (Wildman–Crippen MR) is 87.5 cm³/mol. The van der Waals surface area contributed by atoms with Crippen LogP contribution < -0.4 is 10.5 Å². The van der Waals surface area contributed by atoms with Crippen LogP contribution in [0.25, 0.3) is 0 Å². The number of halogens is 2. The van der Waals surface area contributed by atoms with E-state index < -0.39 is 0 Å². The number of likely N-dealkylation sites (tertiary alicyclic amines) is 1. The molecule has 0 spiro atoms. The summed E-state index contributed by atoms with van der Waals surface area (Å²) in [7, 11) is 0. The van der Waals surface area contributed by atoms with Crippen LogP contribution in [0.2, 0.25) is 5.02 Å². The lowest BCUT2D eigenvalue weighted by Gasteiger charge is -2.32. The Hall–Kier alpha value is -0.290. The number of hydrogen-bond acceptors (Lipinski definition) is 3. The van der Waals surface area contributed by atoms with Gasteiger partial charge >= 0.3 is 0 Å². The van der Waals surface area contributed by atoms with E-state index in [0.29, 0.717) is 11.6 Å². The van der Waals surface area contributed by atoms with Crippen LogP contribution in [0.3, 0.4) is 0 Å². The molecule has 0 aromatic heterocycles. The highest BCUT2D eigenvalue weighted by Crippen LogP contribution is 2.28. The van der Waals surface area contributed by atoms with E-state index in [0.717, 1.165) is 42.2 Å². The smallest absolute Gasteiger partial charge is 0.133 e. The van der Waals surface area contributed by atoms with Crippen molar-refractivity contribution in [3.05, 3.63) is 27.7 Å². The van der Waals surface area contributed by atoms with E-state index in [9.17, 15) is 0 Å². The van der Waals surface area contributed by atoms with Crippen LogP contribution in [-0.4, -0.2) is 37.7 Å². The number of rotatable bonds is 6. The minimum absolute atomic E-state index is 0.704. The molecule has 0 radical (unpaired) electrons. The molecule has 1 heterocycles. The third-order valence-corrected chi connectivity index (χ3v) is 4.59. The molecule has 1 aliphatic rings. The highest BCUT2D eigenvalue weighted by molar-refractivity contribution is 9.10. The van der Waals surface area contributed by atoms with E-state index in [-0.39, 0.29) is 0 Å². The van der Waals surface area contributed by atoms with Crippen molar-refractivity contribution >= 4 is 27.5 Å². The van der Waals surface area contributed by atoms with Gasteiger partial charge in [-0.15, -0.1) is 0 Å². The quantitative estimate of drug-likeness (QED) is 0.842. The van der Waals surface area contributed by atoms with E-state index in [1.807, 2.05) is 18.2 Å². The molecule has 1 aromatic carbocycles. The zero-order chi connectivity index (χ0) is 14.4. The van der Waals surface area contributed by atoms with Crippen molar-refractivity contribution in [2.45, 2.75) is 19.3 Å². The third kappa shape index (κ3) is 4.92. The molecule has 20 heavy (non-hydrogen) atoms.